The highest BCUT2D eigenvalue weighted by Gasteiger charge is 2.21. The first-order chi connectivity index (χ1) is 9.52. The molecule has 0 aliphatic rings. The maximum atomic E-state index is 11.7. The van der Waals surface area contributed by atoms with Crippen LogP contribution in [0.15, 0.2) is 30.3 Å². The van der Waals surface area contributed by atoms with E-state index < -0.39 is 12.0 Å². The fourth-order valence-electron chi connectivity index (χ4n) is 1.74. The predicted molar refractivity (Wildman–Crippen MR) is 74.0 cm³/mol. The van der Waals surface area contributed by atoms with E-state index in [2.05, 4.69) is 5.32 Å². The highest BCUT2D eigenvalue weighted by Crippen LogP contribution is 2.05. The normalized spacial score (nSPS) is 11.5. The summed E-state index contributed by atoms with van der Waals surface area (Å²) in [5, 5.41) is 2.61. The fourth-order valence-corrected chi connectivity index (χ4v) is 1.74. The number of Topliss-reactive ketones (excluding diaryl/α,β-unsaturated/α-hetero) is 1. The Balaban J connectivity index is 2.63. The van der Waals surface area contributed by atoms with Gasteiger partial charge in [0.25, 0.3) is 0 Å². The van der Waals surface area contributed by atoms with Crippen molar-refractivity contribution in [3.8, 4) is 0 Å². The minimum Gasteiger partial charge on any atom is -0.467 e. The molecule has 1 atom stereocenters. The number of benzene rings is 1. The zero-order chi connectivity index (χ0) is 15.0. The average molecular weight is 277 g/mol. The molecule has 1 rings (SSSR count). The Morgan fingerprint density at radius 3 is 2.35 bits per heavy atom. The second-order valence-electron chi connectivity index (χ2n) is 4.53. The number of ketones is 1. The van der Waals surface area contributed by atoms with Gasteiger partial charge < -0.3 is 14.8 Å². The minimum absolute atomic E-state index is 0.0576. The number of amides is 1. The molecule has 0 heterocycles. The molecule has 0 aromatic heterocycles. The molecule has 0 unspecified atom stereocenters. The van der Waals surface area contributed by atoms with E-state index in [-0.39, 0.29) is 24.5 Å². The van der Waals surface area contributed by atoms with Crippen LogP contribution in [0.4, 0.5) is 0 Å². The Morgan fingerprint density at radius 2 is 1.80 bits per heavy atom. The van der Waals surface area contributed by atoms with Gasteiger partial charge >= 0.3 is 5.97 Å². The highest BCUT2D eigenvalue weighted by molar-refractivity contribution is 5.87. The van der Waals surface area contributed by atoms with Crippen LogP contribution >= 0.6 is 0 Å². The number of esters is 1. The summed E-state index contributed by atoms with van der Waals surface area (Å²) in [6.07, 6.45) is 0.613. The van der Waals surface area contributed by atoms with Crippen LogP contribution in [0.2, 0.25) is 0 Å². The summed E-state index contributed by atoms with van der Waals surface area (Å²) < 4.78 is 4.69. The van der Waals surface area contributed by atoms with Crippen molar-refractivity contribution in [3.05, 3.63) is 35.9 Å². The van der Waals surface area contributed by atoms with Crippen LogP contribution in [0.5, 0.6) is 0 Å². The van der Waals surface area contributed by atoms with E-state index in [1.807, 2.05) is 30.3 Å². The highest BCUT2D eigenvalue weighted by atomic mass is 16.5. The van der Waals surface area contributed by atoms with Crippen LogP contribution in [0.3, 0.4) is 0 Å². The molecule has 0 radical (unpaired) electrons. The lowest BCUT2D eigenvalue weighted by Crippen LogP contribution is -2.43. The van der Waals surface area contributed by atoms with Crippen LogP contribution in [0.1, 0.15) is 25.3 Å². The second kappa shape index (κ2) is 8.09. The molecule has 20 heavy (non-hydrogen) atoms. The summed E-state index contributed by atoms with van der Waals surface area (Å²) in [5.41, 5.74) is 0.926. The van der Waals surface area contributed by atoms with E-state index in [0.29, 0.717) is 6.42 Å². The molecule has 1 amide bonds. The van der Waals surface area contributed by atoms with Gasteiger partial charge in [0.15, 0.2) is 0 Å². The molecule has 0 saturated heterocycles. The minimum atomic E-state index is -0.734. The van der Waals surface area contributed by atoms with Gasteiger partial charge in [0, 0.05) is 19.3 Å². The predicted octanol–water partition coefficient (Wildman–Crippen LogP) is 1.26. The van der Waals surface area contributed by atoms with Crippen molar-refractivity contribution in [2.45, 2.75) is 32.2 Å². The lowest BCUT2D eigenvalue weighted by atomic mass is 10.1. The maximum absolute atomic E-state index is 11.7. The summed E-state index contributed by atoms with van der Waals surface area (Å²) in [4.78, 5) is 34.2. The summed E-state index contributed by atoms with van der Waals surface area (Å²) >= 11 is 0. The van der Waals surface area contributed by atoms with Gasteiger partial charge in [-0.3, -0.25) is 4.79 Å². The summed E-state index contributed by atoms with van der Waals surface area (Å²) in [6.45, 7) is 1.43. The van der Waals surface area contributed by atoms with Crippen molar-refractivity contribution in [2.75, 3.05) is 7.11 Å². The van der Waals surface area contributed by atoms with E-state index in [4.69, 9.17) is 4.74 Å². The Bertz CT molecular complexity index is 470. The molecule has 5 nitrogen and oxygen atoms in total. The quantitative estimate of drug-likeness (QED) is 0.761. The van der Waals surface area contributed by atoms with Crippen LogP contribution in [-0.4, -0.2) is 30.8 Å². The van der Waals surface area contributed by atoms with Gasteiger partial charge in [-0.1, -0.05) is 30.3 Å². The Morgan fingerprint density at radius 1 is 1.15 bits per heavy atom. The van der Waals surface area contributed by atoms with Crippen LogP contribution in [-0.2, 0) is 25.5 Å². The van der Waals surface area contributed by atoms with Crippen LogP contribution in [0.25, 0.3) is 0 Å². The van der Waals surface area contributed by atoms with Gasteiger partial charge in [-0.05, 0) is 12.5 Å². The standard InChI is InChI=1S/C15H19NO4/c1-11(17)8-9-14(18)16-13(15(19)20-2)10-12-6-4-3-5-7-12/h3-7,13H,8-10H2,1-2H3,(H,16,18)/t13-/m0/s1. The molecule has 1 N–H and O–H groups in total. The number of hydrogen-bond donors (Lipinski definition) is 1. The topological polar surface area (TPSA) is 72.5 Å². The first kappa shape index (κ1) is 15.9. The molecule has 0 fully saturated rings. The molecular formula is C15H19NO4. The summed E-state index contributed by atoms with van der Waals surface area (Å²) in [6, 6.07) is 8.61. The van der Waals surface area contributed by atoms with Crippen LogP contribution in [0, 0.1) is 0 Å². The first-order valence-electron chi connectivity index (χ1n) is 6.43. The summed E-state index contributed by atoms with van der Waals surface area (Å²) in [5.74, 6) is -0.880. The van der Waals surface area contributed by atoms with E-state index in [0.717, 1.165) is 5.56 Å². The molecule has 0 bridgehead atoms. The number of carbonyl (C=O) groups is 3. The SMILES string of the molecule is COC(=O)[C@H](Cc1ccccc1)NC(=O)CCC(C)=O. The molecule has 0 aliphatic heterocycles. The van der Waals surface area contributed by atoms with E-state index in [1.54, 1.807) is 0 Å². The largest absolute Gasteiger partial charge is 0.467 e. The zero-order valence-electron chi connectivity index (χ0n) is 11.7. The van der Waals surface area contributed by atoms with Crippen molar-refractivity contribution < 1.29 is 19.1 Å². The monoisotopic (exact) mass is 277 g/mol. The number of nitrogens with one attached hydrogen (secondary N) is 1. The van der Waals surface area contributed by atoms with E-state index in [9.17, 15) is 14.4 Å². The van der Waals surface area contributed by atoms with Gasteiger partial charge in [0.1, 0.15) is 11.8 Å². The van der Waals surface area contributed by atoms with E-state index in [1.165, 1.54) is 14.0 Å². The first-order valence-corrected chi connectivity index (χ1v) is 6.43. The molecule has 0 aliphatic carbocycles. The number of carbonyl (C=O) groups excluding carboxylic acids is 3. The fraction of sp³-hybridized carbons (Fsp3) is 0.400. The zero-order valence-corrected chi connectivity index (χ0v) is 11.7. The van der Waals surface area contributed by atoms with Crippen molar-refractivity contribution in [2.24, 2.45) is 0 Å². The molecule has 0 spiro atoms. The van der Waals surface area contributed by atoms with Gasteiger partial charge in [-0.15, -0.1) is 0 Å². The molecule has 108 valence electrons. The molecule has 1 aromatic rings. The summed E-state index contributed by atoms with van der Waals surface area (Å²) in [7, 11) is 1.28. The number of ether oxygens (including phenoxy) is 1. The Kier molecular flexibility index (Phi) is 6.43. The third-order valence-electron chi connectivity index (χ3n) is 2.81. The van der Waals surface area contributed by atoms with Crippen LogP contribution < -0.4 is 5.32 Å². The molecule has 5 heteroatoms. The third kappa shape index (κ3) is 5.65. The second-order valence-corrected chi connectivity index (χ2v) is 4.53. The number of methoxy groups -OCH3 is 1. The van der Waals surface area contributed by atoms with Crippen molar-refractivity contribution >= 4 is 17.7 Å². The van der Waals surface area contributed by atoms with Gasteiger partial charge in [0.05, 0.1) is 7.11 Å². The lowest BCUT2D eigenvalue weighted by molar-refractivity contribution is -0.145. The number of rotatable bonds is 7. The third-order valence-corrected chi connectivity index (χ3v) is 2.81. The molecule has 1 aromatic carbocycles. The van der Waals surface area contributed by atoms with Gasteiger partial charge in [-0.2, -0.15) is 0 Å². The van der Waals surface area contributed by atoms with Crippen molar-refractivity contribution in [1.29, 1.82) is 0 Å². The van der Waals surface area contributed by atoms with E-state index >= 15 is 0 Å². The number of hydrogen-bond acceptors (Lipinski definition) is 4. The Hall–Kier alpha value is -2.17. The smallest absolute Gasteiger partial charge is 0.328 e. The van der Waals surface area contributed by atoms with Gasteiger partial charge in [0.2, 0.25) is 5.91 Å². The Labute approximate surface area is 118 Å². The van der Waals surface area contributed by atoms with Gasteiger partial charge in [-0.25, -0.2) is 4.79 Å². The molecular weight excluding hydrogens is 258 g/mol. The van der Waals surface area contributed by atoms with Crippen molar-refractivity contribution in [3.63, 3.8) is 0 Å². The molecule has 0 saturated carbocycles. The maximum Gasteiger partial charge on any atom is 0.328 e. The average Bonchev–Trinajstić information content (AvgIpc) is 2.44. The lowest BCUT2D eigenvalue weighted by Gasteiger charge is -2.16. The van der Waals surface area contributed by atoms with Crippen molar-refractivity contribution in [1.82, 2.24) is 5.32 Å².